The average Bonchev–Trinajstić information content (AvgIpc) is 3.18. The Labute approximate surface area is 172 Å². The maximum Gasteiger partial charge on any atom is 0.339 e. The van der Waals surface area contributed by atoms with E-state index in [-0.39, 0.29) is 6.61 Å². The van der Waals surface area contributed by atoms with Gasteiger partial charge in [-0.15, -0.1) is 0 Å². The Bertz CT molecular complexity index is 878. The summed E-state index contributed by atoms with van der Waals surface area (Å²) in [6.45, 7) is 4.27. The standard InChI is InChI=1S/C14H19N3O5S.C6H10/c1-4-22-14(19)10-5-6-12(15-9(10)2)17-8-7-11(17)13(18)16-23(3,20)21;1-2-5-4-6(5)3-1/h5-6,11H,4,7-8H2,1-3H3,(H,16,18);5-6H,1-4H2. The highest BCUT2D eigenvalue weighted by atomic mass is 32.2. The normalized spacial score (nSPS) is 24.5. The number of hydrogen-bond donors (Lipinski definition) is 1. The molecule has 0 bridgehead atoms. The minimum absolute atomic E-state index is 0.278. The van der Waals surface area contributed by atoms with Crippen molar-refractivity contribution in [3.63, 3.8) is 0 Å². The summed E-state index contributed by atoms with van der Waals surface area (Å²) in [5.41, 5.74) is 0.864. The molecule has 2 aliphatic carbocycles. The summed E-state index contributed by atoms with van der Waals surface area (Å²) in [5.74, 6) is 1.93. The molecule has 0 spiro atoms. The van der Waals surface area contributed by atoms with Crippen molar-refractivity contribution in [2.75, 3.05) is 24.3 Å². The van der Waals surface area contributed by atoms with E-state index in [1.165, 1.54) is 18.3 Å². The molecule has 3 atom stereocenters. The molecule has 160 valence electrons. The molecule has 0 aromatic carbocycles. The number of aryl methyl sites for hydroxylation is 1. The number of esters is 1. The van der Waals surface area contributed by atoms with Crippen LogP contribution in [0.3, 0.4) is 0 Å². The molecule has 1 aromatic heterocycles. The fourth-order valence-corrected chi connectivity index (χ4v) is 4.48. The average molecular weight is 424 g/mol. The monoisotopic (exact) mass is 423 g/mol. The summed E-state index contributed by atoms with van der Waals surface area (Å²) in [4.78, 5) is 29.7. The van der Waals surface area contributed by atoms with E-state index in [1.807, 2.05) is 4.72 Å². The third kappa shape index (κ3) is 5.46. The maximum atomic E-state index is 11.9. The van der Waals surface area contributed by atoms with Crippen LogP contribution in [0, 0.1) is 18.8 Å². The number of pyridine rings is 1. The number of fused-ring (bicyclic) bond motifs is 1. The quantitative estimate of drug-likeness (QED) is 0.722. The second kappa shape index (κ2) is 8.69. The van der Waals surface area contributed by atoms with E-state index in [0.29, 0.717) is 30.0 Å². The second-order valence-corrected chi connectivity index (χ2v) is 9.69. The lowest BCUT2D eigenvalue weighted by Crippen LogP contribution is -2.57. The van der Waals surface area contributed by atoms with Crippen molar-refractivity contribution in [2.24, 2.45) is 11.8 Å². The van der Waals surface area contributed by atoms with Crippen LogP contribution >= 0.6 is 0 Å². The zero-order valence-electron chi connectivity index (χ0n) is 17.2. The van der Waals surface area contributed by atoms with Crippen molar-refractivity contribution in [2.45, 2.75) is 52.0 Å². The van der Waals surface area contributed by atoms with Gasteiger partial charge in [0, 0.05) is 6.54 Å². The molecular formula is C20H29N3O5S. The van der Waals surface area contributed by atoms with Crippen molar-refractivity contribution in [1.82, 2.24) is 9.71 Å². The summed E-state index contributed by atoms with van der Waals surface area (Å²) in [6, 6.07) is 2.64. The summed E-state index contributed by atoms with van der Waals surface area (Å²) < 4.78 is 29.2. The number of nitrogens with zero attached hydrogens (tertiary/aromatic N) is 2. The number of carbonyl (C=O) groups is 2. The summed E-state index contributed by atoms with van der Waals surface area (Å²) in [5, 5.41) is 0. The Morgan fingerprint density at radius 2 is 1.93 bits per heavy atom. The van der Waals surface area contributed by atoms with Gasteiger partial charge in [0.1, 0.15) is 11.9 Å². The van der Waals surface area contributed by atoms with Gasteiger partial charge in [0.15, 0.2) is 0 Å². The Morgan fingerprint density at radius 1 is 1.24 bits per heavy atom. The van der Waals surface area contributed by atoms with Crippen LogP contribution in [0.2, 0.25) is 0 Å². The van der Waals surface area contributed by atoms with Crippen LogP contribution < -0.4 is 9.62 Å². The lowest BCUT2D eigenvalue weighted by atomic mass is 10.0. The highest BCUT2D eigenvalue weighted by Crippen LogP contribution is 2.51. The lowest BCUT2D eigenvalue weighted by molar-refractivity contribution is -0.121. The molecule has 2 heterocycles. The highest BCUT2D eigenvalue weighted by molar-refractivity contribution is 7.89. The Balaban J connectivity index is 0.000000334. The molecule has 3 aliphatic rings. The molecule has 3 fully saturated rings. The van der Waals surface area contributed by atoms with Gasteiger partial charge in [-0.05, 0) is 50.7 Å². The number of carbonyl (C=O) groups excluding carboxylic acids is 2. The second-order valence-electron chi connectivity index (χ2n) is 7.95. The number of anilines is 1. The van der Waals surface area contributed by atoms with Gasteiger partial charge in [0.25, 0.3) is 5.91 Å². The van der Waals surface area contributed by atoms with Crippen LogP contribution in [0.25, 0.3) is 0 Å². The summed E-state index contributed by atoms with van der Waals surface area (Å²) in [7, 11) is -3.59. The highest BCUT2D eigenvalue weighted by Gasteiger charge is 2.40. The van der Waals surface area contributed by atoms with Gasteiger partial charge in [-0.1, -0.05) is 19.3 Å². The van der Waals surface area contributed by atoms with Crippen LogP contribution in [-0.2, 0) is 19.6 Å². The Morgan fingerprint density at radius 3 is 2.34 bits per heavy atom. The summed E-state index contributed by atoms with van der Waals surface area (Å²) in [6.07, 6.45) is 7.72. The first kappa shape index (κ1) is 21.5. The number of rotatable bonds is 5. The molecule has 9 heteroatoms. The topological polar surface area (TPSA) is 106 Å². The fraction of sp³-hybridized carbons (Fsp3) is 0.650. The minimum atomic E-state index is -3.59. The van der Waals surface area contributed by atoms with Crippen LogP contribution in [0.1, 0.15) is 55.1 Å². The summed E-state index contributed by atoms with van der Waals surface area (Å²) >= 11 is 0. The molecule has 0 radical (unpaired) electrons. The molecule has 1 amide bonds. The third-order valence-corrected chi connectivity index (χ3v) is 6.26. The van der Waals surface area contributed by atoms with E-state index >= 15 is 0 Å². The van der Waals surface area contributed by atoms with Crippen molar-refractivity contribution >= 4 is 27.7 Å². The van der Waals surface area contributed by atoms with Crippen molar-refractivity contribution in [3.8, 4) is 0 Å². The number of hydrogen-bond acceptors (Lipinski definition) is 7. The molecule has 3 unspecified atom stereocenters. The first-order chi connectivity index (χ1) is 13.7. The van der Waals surface area contributed by atoms with Gasteiger partial charge in [-0.25, -0.2) is 18.2 Å². The number of nitrogens with one attached hydrogen (secondary N) is 1. The molecular weight excluding hydrogens is 394 g/mol. The molecule has 1 aromatic rings. The zero-order valence-corrected chi connectivity index (χ0v) is 18.0. The van der Waals surface area contributed by atoms with Crippen LogP contribution in [0.4, 0.5) is 5.82 Å². The van der Waals surface area contributed by atoms with Crippen LogP contribution in [0.5, 0.6) is 0 Å². The first-order valence-electron chi connectivity index (χ1n) is 10.1. The molecule has 4 rings (SSSR count). The van der Waals surface area contributed by atoms with Gasteiger partial charge < -0.3 is 9.64 Å². The molecule has 2 saturated carbocycles. The van der Waals surface area contributed by atoms with E-state index in [1.54, 1.807) is 50.1 Å². The predicted octanol–water partition coefficient (Wildman–Crippen LogP) is 2.03. The molecule has 1 saturated heterocycles. The van der Waals surface area contributed by atoms with Gasteiger partial charge in [-0.3, -0.25) is 9.52 Å². The van der Waals surface area contributed by atoms with Gasteiger partial charge in [-0.2, -0.15) is 0 Å². The predicted molar refractivity (Wildman–Crippen MR) is 109 cm³/mol. The molecule has 1 N–H and O–H groups in total. The van der Waals surface area contributed by atoms with Crippen molar-refractivity contribution < 1.29 is 22.7 Å². The fourth-order valence-electron chi connectivity index (χ4n) is 3.98. The van der Waals surface area contributed by atoms with Crippen LogP contribution in [0.15, 0.2) is 12.1 Å². The van der Waals surface area contributed by atoms with Gasteiger partial charge in [0.2, 0.25) is 10.0 Å². The van der Waals surface area contributed by atoms with E-state index < -0.39 is 27.9 Å². The number of ether oxygens (including phenoxy) is 1. The third-order valence-electron chi connectivity index (χ3n) is 5.69. The molecule has 1 aliphatic heterocycles. The number of aromatic nitrogens is 1. The van der Waals surface area contributed by atoms with E-state index in [0.717, 1.165) is 6.26 Å². The lowest BCUT2D eigenvalue weighted by Gasteiger charge is -2.40. The smallest absolute Gasteiger partial charge is 0.339 e. The minimum Gasteiger partial charge on any atom is -0.462 e. The van der Waals surface area contributed by atoms with E-state index in [9.17, 15) is 18.0 Å². The van der Waals surface area contributed by atoms with Gasteiger partial charge >= 0.3 is 5.97 Å². The maximum absolute atomic E-state index is 11.9. The molecule has 29 heavy (non-hydrogen) atoms. The molecule has 8 nitrogen and oxygen atoms in total. The van der Waals surface area contributed by atoms with Crippen molar-refractivity contribution in [1.29, 1.82) is 0 Å². The number of amides is 1. The van der Waals surface area contributed by atoms with Crippen molar-refractivity contribution in [3.05, 3.63) is 23.4 Å². The largest absolute Gasteiger partial charge is 0.462 e. The first-order valence-corrected chi connectivity index (χ1v) is 12.0. The zero-order chi connectivity index (χ0) is 21.2. The Hall–Kier alpha value is -2.16. The van der Waals surface area contributed by atoms with E-state index in [2.05, 4.69) is 4.98 Å². The van der Waals surface area contributed by atoms with Gasteiger partial charge in [0.05, 0.1) is 24.1 Å². The Kier molecular flexibility index (Phi) is 6.45. The number of sulfonamides is 1. The van der Waals surface area contributed by atoms with E-state index in [4.69, 9.17) is 4.74 Å². The van der Waals surface area contributed by atoms with Crippen LogP contribution in [-0.4, -0.2) is 50.7 Å². The SMILES string of the molecule is C1CC2CC2C1.CCOC(=O)c1ccc(N2CCC2C(=O)NS(C)(=O)=O)nc1C.